The van der Waals surface area contributed by atoms with Crippen LogP contribution in [0.25, 0.3) is 0 Å². The molecule has 0 N–H and O–H groups in total. The van der Waals surface area contributed by atoms with Gasteiger partial charge in [-0.1, -0.05) is 36.4 Å². The predicted octanol–water partition coefficient (Wildman–Crippen LogP) is 4.62. The van der Waals surface area contributed by atoms with Crippen LogP contribution in [0, 0.1) is 5.82 Å². The number of fused-ring (bicyclic) bond motifs is 1. The fraction of sp³-hybridized carbons (Fsp3) is 0.174. The Morgan fingerprint density at radius 2 is 1.78 bits per heavy atom. The molecule has 1 atom stereocenters. The number of carbonyl (C=O) groups excluding carboxylic acids is 1. The van der Waals surface area contributed by atoms with Gasteiger partial charge in [-0.2, -0.15) is 0 Å². The Hall–Kier alpha value is -3.14. The van der Waals surface area contributed by atoms with Crippen molar-refractivity contribution in [2.24, 2.45) is 0 Å². The van der Waals surface area contributed by atoms with Crippen LogP contribution in [-0.4, -0.2) is 24.5 Å². The van der Waals surface area contributed by atoms with Crippen LogP contribution < -0.4 is 4.74 Å². The number of amides is 1. The molecule has 136 valence electrons. The lowest BCUT2D eigenvalue weighted by atomic mass is 9.87. The van der Waals surface area contributed by atoms with Crippen LogP contribution in [0.4, 0.5) is 4.39 Å². The molecule has 3 nitrogen and oxygen atoms in total. The Balaban J connectivity index is 1.78. The lowest BCUT2D eigenvalue weighted by Gasteiger charge is -2.38. The Morgan fingerprint density at radius 1 is 1.04 bits per heavy atom. The molecule has 4 rings (SSSR count). The molecule has 1 aliphatic heterocycles. The van der Waals surface area contributed by atoms with Crippen molar-refractivity contribution in [2.75, 3.05) is 13.7 Å². The Labute approximate surface area is 158 Å². The van der Waals surface area contributed by atoms with Gasteiger partial charge in [-0.3, -0.25) is 4.79 Å². The minimum absolute atomic E-state index is 0.0923. The number of hydrogen-bond acceptors (Lipinski definition) is 2. The van der Waals surface area contributed by atoms with Crippen LogP contribution >= 0.6 is 0 Å². The standard InChI is InChI=1S/C23H20FNO2/c1-27-20-11-12-21-18(15-20)13-14-25(22(21)16-5-3-2-4-6-16)23(26)17-7-9-19(24)10-8-17/h2-12,15,22H,13-14H2,1H3. The lowest BCUT2D eigenvalue weighted by Crippen LogP contribution is -2.40. The average Bonchev–Trinajstić information content (AvgIpc) is 2.73. The second-order valence-electron chi connectivity index (χ2n) is 6.63. The topological polar surface area (TPSA) is 29.5 Å². The summed E-state index contributed by atoms with van der Waals surface area (Å²) in [7, 11) is 1.66. The molecule has 0 aliphatic carbocycles. The van der Waals surface area contributed by atoms with Gasteiger partial charge in [0.25, 0.3) is 5.91 Å². The molecule has 27 heavy (non-hydrogen) atoms. The second kappa shape index (κ2) is 7.23. The molecule has 0 bridgehead atoms. The summed E-state index contributed by atoms with van der Waals surface area (Å²) in [6.45, 7) is 0.593. The molecule has 0 aromatic heterocycles. The predicted molar refractivity (Wildman–Crippen MR) is 102 cm³/mol. The van der Waals surface area contributed by atoms with Crippen LogP contribution in [0.15, 0.2) is 72.8 Å². The molecule has 1 amide bonds. The largest absolute Gasteiger partial charge is 0.497 e. The first kappa shape index (κ1) is 17.3. The molecule has 1 heterocycles. The van der Waals surface area contributed by atoms with Crippen molar-refractivity contribution in [3.8, 4) is 5.75 Å². The van der Waals surface area contributed by atoms with Crippen molar-refractivity contribution in [3.05, 3.63) is 101 Å². The maximum Gasteiger partial charge on any atom is 0.254 e. The van der Waals surface area contributed by atoms with Crippen LogP contribution in [0.3, 0.4) is 0 Å². The molecule has 0 spiro atoms. The maximum atomic E-state index is 13.3. The third-order valence-electron chi connectivity index (χ3n) is 5.05. The van der Waals surface area contributed by atoms with Crippen molar-refractivity contribution in [1.29, 1.82) is 0 Å². The third-order valence-corrected chi connectivity index (χ3v) is 5.05. The van der Waals surface area contributed by atoms with Crippen LogP contribution in [0.1, 0.15) is 33.1 Å². The third kappa shape index (κ3) is 3.31. The zero-order valence-electron chi connectivity index (χ0n) is 15.1. The Bertz CT molecular complexity index is 954. The highest BCUT2D eigenvalue weighted by atomic mass is 19.1. The highest BCUT2D eigenvalue weighted by Crippen LogP contribution is 2.37. The van der Waals surface area contributed by atoms with Gasteiger partial charge < -0.3 is 9.64 Å². The minimum Gasteiger partial charge on any atom is -0.497 e. The summed E-state index contributed by atoms with van der Waals surface area (Å²) in [5.41, 5.74) is 3.84. The summed E-state index contributed by atoms with van der Waals surface area (Å²) in [5, 5.41) is 0. The highest BCUT2D eigenvalue weighted by Gasteiger charge is 2.32. The number of nitrogens with zero attached hydrogens (tertiary/aromatic N) is 1. The van der Waals surface area contributed by atoms with Crippen LogP contribution in [0.2, 0.25) is 0 Å². The molecular weight excluding hydrogens is 341 g/mol. The van der Waals surface area contributed by atoms with E-state index < -0.39 is 0 Å². The Kier molecular flexibility index (Phi) is 4.63. The number of hydrogen-bond donors (Lipinski definition) is 0. The lowest BCUT2D eigenvalue weighted by molar-refractivity contribution is 0.0694. The number of rotatable bonds is 3. The number of carbonyl (C=O) groups is 1. The van der Waals surface area contributed by atoms with Gasteiger partial charge in [0, 0.05) is 12.1 Å². The zero-order chi connectivity index (χ0) is 18.8. The highest BCUT2D eigenvalue weighted by molar-refractivity contribution is 5.95. The first-order chi connectivity index (χ1) is 13.2. The van der Waals surface area contributed by atoms with Gasteiger partial charge in [0.1, 0.15) is 11.6 Å². The SMILES string of the molecule is COc1ccc2c(c1)CCN(C(=O)c1ccc(F)cc1)C2c1ccccc1. The molecule has 1 aliphatic rings. The molecule has 3 aromatic carbocycles. The number of methoxy groups -OCH3 is 1. The summed E-state index contributed by atoms with van der Waals surface area (Å²) in [4.78, 5) is 15.1. The van der Waals surface area contributed by atoms with E-state index in [4.69, 9.17) is 4.74 Å². The maximum absolute atomic E-state index is 13.3. The molecule has 0 saturated carbocycles. The van der Waals surface area contributed by atoms with E-state index in [9.17, 15) is 9.18 Å². The second-order valence-corrected chi connectivity index (χ2v) is 6.63. The van der Waals surface area contributed by atoms with Crippen LogP contribution in [0.5, 0.6) is 5.75 Å². The summed E-state index contributed by atoms with van der Waals surface area (Å²) in [5.74, 6) is 0.381. The normalized spacial score (nSPS) is 15.9. The number of benzene rings is 3. The Morgan fingerprint density at radius 3 is 2.48 bits per heavy atom. The van der Waals surface area contributed by atoms with E-state index in [1.54, 1.807) is 19.2 Å². The average molecular weight is 361 g/mol. The van der Waals surface area contributed by atoms with Gasteiger partial charge in [0.2, 0.25) is 0 Å². The fourth-order valence-electron chi connectivity index (χ4n) is 3.70. The van der Waals surface area contributed by atoms with E-state index in [2.05, 4.69) is 0 Å². The van der Waals surface area contributed by atoms with Crippen LogP contribution in [-0.2, 0) is 6.42 Å². The molecule has 0 radical (unpaired) electrons. The van der Waals surface area contributed by atoms with Gasteiger partial charge in [-0.15, -0.1) is 0 Å². The molecule has 1 unspecified atom stereocenters. The van der Waals surface area contributed by atoms with E-state index in [0.29, 0.717) is 12.1 Å². The van der Waals surface area contributed by atoms with Gasteiger partial charge in [0.15, 0.2) is 0 Å². The summed E-state index contributed by atoms with van der Waals surface area (Å²) in [6.07, 6.45) is 0.753. The van der Waals surface area contributed by atoms with Crippen molar-refractivity contribution in [1.82, 2.24) is 4.90 Å². The van der Waals surface area contributed by atoms with Gasteiger partial charge in [-0.05, 0) is 59.5 Å². The van der Waals surface area contributed by atoms with E-state index >= 15 is 0 Å². The monoisotopic (exact) mass is 361 g/mol. The van der Waals surface area contributed by atoms with Crippen molar-refractivity contribution in [2.45, 2.75) is 12.5 Å². The molecule has 0 fully saturated rings. The van der Waals surface area contributed by atoms with Gasteiger partial charge in [-0.25, -0.2) is 4.39 Å². The van der Waals surface area contributed by atoms with E-state index in [1.807, 2.05) is 53.4 Å². The molecule has 4 heteroatoms. The molecule has 0 saturated heterocycles. The number of halogens is 1. The van der Waals surface area contributed by atoms with E-state index in [1.165, 1.54) is 17.7 Å². The smallest absolute Gasteiger partial charge is 0.254 e. The van der Waals surface area contributed by atoms with Crippen molar-refractivity contribution in [3.63, 3.8) is 0 Å². The number of ether oxygens (including phenoxy) is 1. The summed E-state index contributed by atoms with van der Waals surface area (Å²) in [6, 6.07) is 21.6. The van der Waals surface area contributed by atoms with Gasteiger partial charge >= 0.3 is 0 Å². The molecule has 3 aromatic rings. The van der Waals surface area contributed by atoms with Gasteiger partial charge in [0.05, 0.1) is 13.2 Å². The first-order valence-electron chi connectivity index (χ1n) is 8.95. The first-order valence-corrected chi connectivity index (χ1v) is 8.95. The summed E-state index contributed by atoms with van der Waals surface area (Å²) < 4.78 is 18.6. The minimum atomic E-state index is -0.345. The van der Waals surface area contributed by atoms with Crippen molar-refractivity contribution >= 4 is 5.91 Å². The fourth-order valence-corrected chi connectivity index (χ4v) is 3.70. The van der Waals surface area contributed by atoms with Crippen molar-refractivity contribution < 1.29 is 13.9 Å². The van der Waals surface area contributed by atoms with E-state index in [0.717, 1.165) is 23.3 Å². The summed E-state index contributed by atoms with van der Waals surface area (Å²) >= 11 is 0. The molecular formula is C23H20FNO2. The quantitative estimate of drug-likeness (QED) is 0.681. The zero-order valence-corrected chi connectivity index (χ0v) is 15.1. The van der Waals surface area contributed by atoms with E-state index in [-0.39, 0.29) is 17.8 Å².